The van der Waals surface area contributed by atoms with Gasteiger partial charge in [-0.15, -0.1) is 0 Å². The Bertz CT molecular complexity index is 521. The molecule has 0 aliphatic rings. The largest absolute Gasteiger partial charge is 0.417 e. The Morgan fingerprint density at radius 1 is 1.46 bits per heavy atom. The predicted molar refractivity (Wildman–Crippen MR) is 47.0 cm³/mol. The van der Waals surface area contributed by atoms with Crippen LogP contribution < -0.4 is 5.76 Å². The summed E-state index contributed by atoms with van der Waals surface area (Å²) in [5.74, 6) is -0.502. The zero-order chi connectivity index (χ0) is 9.42. The molecule has 0 saturated heterocycles. The van der Waals surface area contributed by atoms with Crippen LogP contribution in [0.4, 0.5) is 0 Å². The third kappa shape index (κ3) is 1.16. The van der Waals surface area contributed by atoms with E-state index in [9.17, 15) is 9.59 Å². The standard InChI is InChI=1S/C9H7NO3/c1-5-2-7-8(3-6(5)4-11)13-9(12)10-7/h2-4H,1H3,(H,10,12). The number of carbonyl (C=O) groups excluding carboxylic acids is 1. The number of hydrogen-bond acceptors (Lipinski definition) is 3. The molecule has 2 rings (SSSR count). The Morgan fingerprint density at radius 2 is 2.23 bits per heavy atom. The molecule has 0 aliphatic heterocycles. The van der Waals surface area contributed by atoms with E-state index >= 15 is 0 Å². The molecule has 1 aromatic heterocycles. The molecule has 0 amide bonds. The van der Waals surface area contributed by atoms with Crippen molar-refractivity contribution in [1.82, 2.24) is 4.98 Å². The molecule has 1 aromatic carbocycles. The highest BCUT2D eigenvalue weighted by Gasteiger charge is 2.04. The number of aromatic nitrogens is 1. The van der Waals surface area contributed by atoms with E-state index in [1.807, 2.05) is 0 Å². The van der Waals surface area contributed by atoms with E-state index in [0.29, 0.717) is 16.7 Å². The summed E-state index contributed by atoms with van der Waals surface area (Å²) in [6.45, 7) is 1.80. The Morgan fingerprint density at radius 3 is 2.92 bits per heavy atom. The van der Waals surface area contributed by atoms with Gasteiger partial charge in [-0.25, -0.2) is 4.79 Å². The fourth-order valence-corrected chi connectivity index (χ4v) is 1.25. The molecule has 1 N–H and O–H groups in total. The van der Waals surface area contributed by atoms with Gasteiger partial charge >= 0.3 is 5.76 Å². The Hall–Kier alpha value is -1.84. The molecular formula is C9H7NO3. The van der Waals surface area contributed by atoms with Gasteiger partial charge in [-0.3, -0.25) is 9.78 Å². The molecule has 2 aromatic rings. The molecule has 66 valence electrons. The summed E-state index contributed by atoms with van der Waals surface area (Å²) in [6.07, 6.45) is 0.738. The summed E-state index contributed by atoms with van der Waals surface area (Å²) in [6, 6.07) is 3.26. The van der Waals surface area contributed by atoms with Crippen LogP contribution in [0.2, 0.25) is 0 Å². The fraction of sp³-hybridized carbons (Fsp3) is 0.111. The van der Waals surface area contributed by atoms with Crippen molar-refractivity contribution in [2.45, 2.75) is 6.92 Å². The molecule has 0 radical (unpaired) electrons. The number of carbonyl (C=O) groups is 1. The SMILES string of the molecule is Cc1cc2[nH]c(=O)oc2cc1C=O. The number of hydrogen-bond donors (Lipinski definition) is 1. The van der Waals surface area contributed by atoms with E-state index in [0.717, 1.165) is 11.8 Å². The van der Waals surface area contributed by atoms with Crippen LogP contribution in [-0.4, -0.2) is 11.3 Å². The number of aldehydes is 1. The van der Waals surface area contributed by atoms with Gasteiger partial charge in [0.2, 0.25) is 0 Å². The summed E-state index contributed by atoms with van der Waals surface area (Å²) in [7, 11) is 0. The Kier molecular flexibility index (Phi) is 1.55. The maximum absolute atomic E-state index is 10.8. The van der Waals surface area contributed by atoms with Crippen molar-refractivity contribution < 1.29 is 9.21 Å². The lowest BCUT2D eigenvalue weighted by molar-refractivity contribution is 0.112. The highest BCUT2D eigenvalue weighted by Crippen LogP contribution is 2.15. The Labute approximate surface area is 73.2 Å². The van der Waals surface area contributed by atoms with E-state index in [2.05, 4.69) is 4.98 Å². The van der Waals surface area contributed by atoms with Crippen LogP contribution in [0, 0.1) is 6.92 Å². The van der Waals surface area contributed by atoms with Gasteiger partial charge in [0, 0.05) is 5.56 Å². The normalized spacial score (nSPS) is 10.5. The van der Waals surface area contributed by atoms with Crippen molar-refractivity contribution in [3.63, 3.8) is 0 Å². The molecule has 1 heterocycles. The molecule has 13 heavy (non-hydrogen) atoms. The van der Waals surface area contributed by atoms with Gasteiger partial charge in [-0.2, -0.15) is 0 Å². The van der Waals surface area contributed by atoms with Crippen molar-refractivity contribution in [2.24, 2.45) is 0 Å². The second kappa shape index (κ2) is 2.58. The third-order valence-electron chi connectivity index (χ3n) is 1.93. The van der Waals surface area contributed by atoms with Crippen LogP contribution in [0.1, 0.15) is 15.9 Å². The number of fused-ring (bicyclic) bond motifs is 1. The zero-order valence-electron chi connectivity index (χ0n) is 6.96. The van der Waals surface area contributed by atoms with Crippen molar-refractivity contribution in [3.05, 3.63) is 33.8 Å². The number of rotatable bonds is 1. The maximum atomic E-state index is 10.8. The van der Waals surface area contributed by atoms with Gasteiger partial charge in [0.15, 0.2) is 5.58 Å². The molecule has 0 bridgehead atoms. The minimum atomic E-state index is -0.502. The van der Waals surface area contributed by atoms with Crippen molar-refractivity contribution >= 4 is 17.4 Å². The second-order valence-corrected chi connectivity index (χ2v) is 2.84. The number of aryl methyl sites for hydroxylation is 1. The first-order valence-electron chi connectivity index (χ1n) is 3.79. The van der Waals surface area contributed by atoms with Crippen LogP contribution >= 0.6 is 0 Å². The summed E-state index contributed by atoms with van der Waals surface area (Å²) < 4.78 is 4.80. The monoisotopic (exact) mass is 177 g/mol. The van der Waals surface area contributed by atoms with Gasteiger partial charge in [-0.1, -0.05) is 0 Å². The predicted octanol–water partition coefficient (Wildman–Crippen LogP) is 1.24. The third-order valence-corrected chi connectivity index (χ3v) is 1.93. The molecule has 0 atom stereocenters. The summed E-state index contributed by atoms with van der Waals surface area (Å²) >= 11 is 0. The van der Waals surface area contributed by atoms with E-state index in [1.165, 1.54) is 0 Å². The second-order valence-electron chi connectivity index (χ2n) is 2.84. The fourth-order valence-electron chi connectivity index (χ4n) is 1.25. The molecule has 4 nitrogen and oxygen atoms in total. The first kappa shape index (κ1) is 7.79. The Balaban J connectivity index is 2.87. The first-order valence-corrected chi connectivity index (χ1v) is 3.79. The van der Waals surface area contributed by atoms with Crippen molar-refractivity contribution in [2.75, 3.05) is 0 Å². The quantitative estimate of drug-likeness (QED) is 0.666. The van der Waals surface area contributed by atoms with E-state index in [1.54, 1.807) is 19.1 Å². The smallest absolute Gasteiger partial charge is 0.408 e. The van der Waals surface area contributed by atoms with Crippen LogP contribution in [-0.2, 0) is 0 Å². The lowest BCUT2D eigenvalue weighted by atomic mass is 10.1. The molecular weight excluding hydrogens is 170 g/mol. The molecule has 4 heteroatoms. The minimum absolute atomic E-state index is 0.415. The molecule has 0 spiro atoms. The number of H-pyrrole nitrogens is 1. The lowest BCUT2D eigenvalue weighted by Gasteiger charge is -1.95. The average Bonchev–Trinajstić information content (AvgIpc) is 2.42. The van der Waals surface area contributed by atoms with Gasteiger partial charge in [-0.05, 0) is 24.6 Å². The number of oxazole rings is 1. The number of benzene rings is 1. The molecule has 0 unspecified atom stereocenters. The van der Waals surface area contributed by atoms with Crippen molar-refractivity contribution in [3.8, 4) is 0 Å². The van der Waals surface area contributed by atoms with Crippen LogP contribution in [0.3, 0.4) is 0 Å². The van der Waals surface area contributed by atoms with Gasteiger partial charge in [0.1, 0.15) is 6.29 Å². The van der Waals surface area contributed by atoms with E-state index in [4.69, 9.17) is 4.42 Å². The van der Waals surface area contributed by atoms with Gasteiger partial charge in [0.25, 0.3) is 0 Å². The lowest BCUT2D eigenvalue weighted by Crippen LogP contribution is -1.92. The van der Waals surface area contributed by atoms with Gasteiger partial charge < -0.3 is 4.42 Å². The van der Waals surface area contributed by atoms with Gasteiger partial charge in [0.05, 0.1) is 5.52 Å². The van der Waals surface area contributed by atoms with Crippen molar-refractivity contribution in [1.29, 1.82) is 0 Å². The zero-order valence-corrected chi connectivity index (χ0v) is 6.96. The number of aromatic amines is 1. The molecule has 0 fully saturated rings. The van der Waals surface area contributed by atoms with E-state index < -0.39 is 5.76 Å². The number of nitrogens with one attached hydrogen (secondary N) is 1. The average molecular weight is 177 g/mol. The van der Waals surface area contributed by atoms with Crippen LogP contribution in [0.15, 0.2) is 21.3 Å². The maximum Gasteiger partial charge on any atom is 0.417 e. The summed E-state index contributed by atoms with van der Waals surface area (Å²) in [4.78, 5) is 23.8. The van der Waals surface area contributed by atoms with Crippen LogP contribution in [0.5, 0.6) is 0 Å². The summed E-state index contributed by atoms with van der Waals surface area (Å²) in [5.41, 5.74) is 2.39. The highest BCUT2D eigenvalue weighted by atomic mass is 16.4. The minimum Gasteiger partial charge on any atom is -0.408 e. The molecule has 0 aliphatic carbocycles. The van der Waals surface area contributed by atoms with E-state index in [-0.39, 0.29) is 0 Å². The highest BCUT2D eigenvalue weighted by molar-refractivity contribution is 5.85. The molecule has 0 saturated carbocycles. The summed E-state index contributed by atoms with van der Waals surface area (Å²) in [5, 5.41) is 0. The van der Waals surface area contributed by atoms with Crippen LogP contribution in [0.25, 0.3) is 11.1 Å². The first-order chi connectivity index (χ1) is 6.20. The topological polar surface area (TPSA) is 63.1 Å².